The van der Waals surface area contributed by atoms with Gasteiger partial charge in [-0.3, -0.25) is 4.79 Å². The number of hydrogen-bond donors (Lipinski definition) is 3. The molecule has 1 atom stereocenters. The lowest BCUT2D eigenvalue weighted by molar-refractivity contribution is -0.122. The fourth-order valence-electron chi connectivity index (χ4n) is 1.88. The number of hydrogen-bond acceptors (Lipinski definition) is 5. The second kappa shape index (κ2) is 8.81. The number of thiazole rings is 1. The Labute approximate surface area is 134 Å². The summed E-state index contributed by atoms with van der Waals surface area (Å²) in [5.74, 6) is -0.0852. The minimum absolute atomic E-state index is 0. The fraction of sp³-hybridized carbons (Fsp3) is 0.429. The number of halogens is 1. The van der Waals surface area contributed by atoms with Gasteiger partial charge >= 0.3 is 0 Å². The Morgan fingerprint density at radius 2 is 2.14 bits per heavy atom. The van der Waals surface area contributed by atoms with Crippen LogP contribution in [0.2, 0.25) is 0 Å². The van der Waals surface area contributed by atoms with Crippen molar-refractivity contribution in [1.29, 1.82) is 0 Å². The molecule has 1 heterocycles. The highest BCUT2D eigenvalue weighted by molar-refractivity contribution is 7.22. The number of aromatic nitrogens is 1. The summed E-state index contributed by atoms with van der Waals surface area (Å²) in [6, 6.07) is 7.61. The number of benzene rings is 1. The Hall–Kier alpha value is -1.37. The first-order valence-electron chi connectivity index (χ1n) is 6.83. The molecule has 7 heteroatoms. The molecule has 0 bridgehead atoms. The average molecular weight is 329 g/mol. The van der Waals surface area contributed by atoms with Crippen LogP contribution in [0.4, 0.5) is 5.13 Å². The summed E-state index contributed by atoms with van der Waals surface area (Å²) in [5, 5.41) is 6.91. The number of nitrogens with zero attached hydrogens (tertiary/aromatic N) is 1. The van der Waals surface area contributed by atoms with Crippen molar-refractivity contribution in [3.8, 4) is 0 Å². The molecule has 5 nitrogen and oxygen atoms in total. The van der Waals surface area contributed by atoms with Gasteiger partial charge in [-0.15, -0.1) is 12.4 Å². The zero-order valence-electron chi connectivity index (χ0n) is 12.0. The van der Waals surface area contributed by atoms with E-state index in [4.69, 9.17) is 5.73 Å². The van der Waals surface area contributed by atoms with E-state index < -0.39 is 6.04 Å². The van der Waals surface area contributed by atoms with Crippen molar-refractivity contribution in [2.75, 3.05) is 18.4 Å². The van der Waals surface area contributed by atoms with Gasteiger partial charge in [0.05, 0.1) is 16.3 Å². The predicted molar refractivity (Wildman–Crippen MR) is 91.3 cm³/mol. The molecule has 2 rings (SSSR count). The van der Waals surface area contributed by atoms with Crippen LogP contribution in [0.1, 0.15) is 19.8 Å². The van der Waals surface area contributed by atoms with Crippen molar-refractivity contribution in [1.82, 2.24) is 10.3 Å². The number of carbonyl (C=O) groups is 1. The summed E-state index contributed by atoms with van der Waals surface area (Å²) in [6.07, 6.45) is 1.63. The predicted octanol–water partition coefficient (Wildman–Crippen LogP) is 2.37. The Bertz CT molecular complexity index is 542. The number of nitrogens with two attached hydrogens (primary N) is 1. The Morgan fingerprint density at radius 3 is 2.86 bits per heavy atom. The third-order valence-corrected chi connectivity index (χ3v) is 3.92. The minimum atomic E-state index is -0.401. The van der Waals surface area contributed by atoms with E-state index in [1.807, 2.05) is 31.2 Å². The maximum atomic E-state index is 11.6. The van der Waals surface area contributed by atoms with Crippen molar-refractivity contribution in [2.45, 2.75) is 25.8 Å². The van der Waals surface area contributed by atoms with E-state index in [0.717, 1.165) is 28.2 Å². The largest absolute Gasteiger partial charge is 0.360 e. The Balaban J connectivity index is 0.00000220. The van der Waals surface area contributed by atoms with Crippen LogP contribution < -0.4 is 16.4 Å². The third-order valence-electron chi connectivity index (χ3n) is 2.93. The highest BCUT2D eigenvalue weighted by Gasteiger charge is 2.10. The molecule has 1 aromatic heterocycles. The van der Waals surface area contributed by atoms with Crippen molar-refractivity contribution >= 4 is 45.0 Å². The van der Waals surface area contributed by atoms with Gasteiger partial charge in [-0.25, -0.2) is 4.98 Å². The summed E-state index contributed by atoms with van der Waals surface area (Å²) in [4.78, 5) is 16.1. The van der Waals surface area contributed by atoms with Gasteiger partial charge in [-0.2, -0.15) is 0 Å². The first-order valence-corrected chi connectivity index (χ1v) is 7.65. The van der Waals surface area contributed by atoms with Crippen molar-refractivity contribution in [3.63, 3.8) is 0 Å². The Kier molecular flexibility index (Phi) is 7.42. The second-order valence-corrected chi connectivity index (χ2v) is 5.63. The summed E-state index contributed by atoms with van der Waals surface area (Å²) in [6.45, 7) is 3.21. The highest BCUT2D eigenvalue weighted by Crippen LogP contribution is 2.24. The molecule has 1 unspecified atom stereocenters. The maximum absolute atomic E-state index is 11.6. The van der Waals surface area contributed by atoms with Crippen molar-refractivity contribution < 1.29 is 4.79 Å². The molecule has 0 saturated heterocycles. The number of para-hydroxylation sites is 1. The quantitative estimate of drug-likeness (QED) is 0.682. The van der Waals surface area contributed by atoms with Crippen molar-refractivity contribution in [2.24, 2.45) is 5.73 Å². The number of nitrogens with one attached hydrogen (secondary N) is 2. The van der Waals surface area contributed by atoms with E-state index in [1.165, 1.54) is 0 Å². The summed E-state index contributed by atoms with van der Waals surface area (Å²) in [7, 11) is 0. The van der Waals surface area contributed by atoms with E-state index in [-0.39, 0.29) is 18.3 Å². The molecule has 0 saturated carbocycles. The molecule has 2 aromatic rings. The standard InChI is InChI=1S/C14H20N4OS.ClH/c1-2-5-10(15)13(19)16-8-9-17-14-18-11-6-3-4-7-12(11)20-14;/h3-4,6-7,10H,2,5,8-9,15H2,1H3,(H,16,19)(H,17,18);1H. The van der Waals surface area contributed by atoms with Crippen LogP contribution in [-0.4, -0.2) is 30.0 Å². The molecular weight excluding hydrogens is 308 g/mol. The van der Waals surface area contributed by atoms with Gasteiger partial charge in [0, 0.05) is 13.1 Å². The fourth-order valence-corrected chi connectivity index (χ4v) is 2.77. The molecule has 0 radical (unpaired) electrons. The molecular formula is C14H21ClN4OS. The average Bonchev–Trinajstić information content (AvgIpc) is 2.86. The summed E-state index contributed by atoms with van der Waals surface area (Å²) < 4.78 is 1.16. The lowest BCUT2D eigenvalue weighted by atomic mass is 10.2. The molecule has 0 spiro atoms. The molecule has 21 heavy (non-hydrogen) atoms. The number of amides is 1. The molecule has 1 amide bonds. The first kappa shape index (κ1) is 17.7. The van der Waals surface area contributed by atoms with Crippen LogP contribution >= 0.6 is 23.7 Å². The van der Waals surface area contributed by atoms with Gasteiger partial charge in [0.1, 0.15) is 0 Å². The first-order chi connectivity index (χ1) is 9.70. The van der Waals surface area contributed by atoms with Crippen LogP contribution in [-0.2, 0) is 4.79 Å². The lowest BCUT2D eigenvalue weighted by Crippen LogP contribution is -2.42. The van der Waals surface area contributed by atoms with Crippen LogP contribution in [0.15, 0.2) is 24.3 Å². The summed E-state index contributed by atoms with van der Waals surface area (Å²) >= 11 is 1.61. The topological polar surface area (TPSA) is 80.0 Å². The van der Waals surface area contributed by atoms with Crippen LogP contribution in [0.3, 0.4) is 0 Å². The number of rotatable bonds is 7. The van der Waals surface area contributed by atoms with E-state index in [2.05, 4.69) is 15.6 Å². The minimum Gasteiger partial charge on any atom is -0.360 e. The van der Waals surface area contributed by atoms with Crippen molar-refractivity contribution in [3.05, 3.63) is 24.3 Å². The normalized spacial score (nSPS) is 11.7. The van der Waals surface area contributed by atoms with Gasteiger partial charge in [0.15, 0.2) is 5.13 Å². The zero-order chi connectivity index (χ0) is 14.4. The number of anilines is 1. The summed E-state index contributed by atoms with van der Waals surface area (Å²) in [5.41, 5.74) is 6.72. The monoisotopic (exact) mass is 328 g/mol. The molecule has 0 aliphatic rings. The second-order valence-electron chi connectivity index (χ2n) is 4.60. The lowest BCUT2D eigenvalue weighted by Gasteiger charge is -2.11. The van der Waals surface area contributed by atoms with E-state index >= 15 is 0 Å². The number of carbonyl (C=O) groups excluding carboxylic acids is 1. The zero-order valence-corrected chi connectivity index (χ0v) is 13.6. The SMILES string of the molecule is CCCC(N)C(=O)NCCNc1nc2ccccc2s1.Cl. The molecule has 1 aromatic carbocycles. The van der Waals surface area contributed by atoms with E-state index in [1.54, 1.807) is 11.3 Å². The van der Waals surface area contributed by atoms with E-state index in [0.29, 0.717) is 13.1 Å². The van der Waals surface area contributed by atoms with Gasteiger partial charge in [-0.05, 0) is 18.6 Å². The van der Waals surface area contributed by atoms with Gasteiger partial charge in [0.25, 0.3) is 0 Å². The Morgan fingerprint density at radius 1 is 1.38 bits per heavy atom. The molecule has 0 aliphatic carbocycles. The third kappa shape index (κ3) is 5.15. The van der Waals surface area contributed by atoms with E-state index in [9.17, 15) is 4.79 Å². The van der Waals surface area contributed by atoms with Gasteiger partial charge in [-0.1, -0.05) is 36.8 Å². The van der Waals surface area contributed by atoms with Gasteiger partial charge < -0.3 is 16.4 Å². The number of fused-ring (bicyclic) bond motifs is 1. The van der Waals surface area contributed by atoms with Gasteiger partial charge in [0.2, 0.25) is 5.91 Å². The molecule has 0 aliphatic heterocycles. The maximum Gasteiger partial charge on any atom is 0.236 e. The van der Waals surface area contributed by atoms with Crippen LogP contribution in [0, 0.1) is 0 Å². The smallest absolute Gasteiger partial charge is 0.236 e. The molecule has 0 fully saturated rings. The highest BCUT2D eigenvalue weighted by atomic mass is 35.5. The van der Waals surface area contributed by atoms with Crippen LogP contribution in [0.25, 0.3) is 10.2 Å². The van der Waals surface area contributed by atoms with Crippen LogP contribution in [0.5, 0.6) is 0 Å². The molecule has 116 valence electrons. The molecule has 4 N–H and O–H groups in total.